The van der Waals surface area contributed by atoms with E-state index in [9.17, 15) is 0 Å². The summed E-state index contributed by atoms with van der Waals surface area (Å²) in [7, 11) is 0. The number of hydrogen-bond donors (Lipinski definition) is 1. The second-order valence-electron chi connectivity index (χ2n) is 6.49. The first-order valence-corrected chi connectivity index (χ1v) is 8.46. The summed E-state index contributed by atoms with van der Waals surface area (Å²) >= 11 is 0. The van der Waals surface area contributed by atoms with E-state index in [2.05, 4.69) is 43.6 Å². The molecule has 1 unspecified atom stereocenters. The summed E-state index contributed by atoms with van der Waals surface area (Å²) in [6.07, 6.45) is 13.4. The Morgan fingerprint density at radius 3 is 2.70 bits per heavy atom. The van der Waals surface area contributed by atoms with E-state index in [1.807, 2.05) is 4.68 Å². The molecular weight excluding hydrogens is 246 g/mol. The number of nitrogens with zero attached hydrogens (tertiary/aromatic N) is 2. The minimum atomic E-state index is 0.417. The molecule has 0 amide bonds. The number of aryl methyl sites for hydroxylation is 1. The van der Waals surface area contributed by atoms with Gasteiger partial charge in [-0.3, -0.25) is 4.68 Å². The van der Waals surface area contributed by atoms with Crippen LogP contribution in [-0.4, -0.2) is 22.4 Å². The van der Waals surface area contributed by atoms with Gasteiger partial charge in [-0.1, -0.05) is 26.7 Å². The highest BCUT2D eigenvalue weighted by Gasteiger charge is 2.31. The van der Waals surface area contributed by atoms with Gasteiger partial charge in [0.15, 0.2) is 0 Å². The Kier molecular flexibility index (Phi) is 5.64. The Labute approximate surface area is 124 Å². The molecule has 0 spiro atoms. The molecule has 1 aliphatic carbocycles. The lowest BCUT2D eigenvalue weighted by Gasteiger charge is -2.33. The first-order valence-electron chi connectivity index (χ1n) is 8.46. The van der Waals surface area contributed by atoms with Gasteiger partial charge in [-0.25, -0.2) is 0 Å². The summed E-state index contributed by atoms with van der Waals surface area (Å²) in [6.45, 7) is 8.94. The van der Waals surface area contributed by atoms with E-state index in [1.165, 1.54) is 57.1 Å². The highest BCUT2D eigenvalue weighted by molar-refractivity contribution is 5.08. The third kappa shape index (κ3) is 4.34. The zero-order chi connectivity index (χ0) is 14.4. The molecule has 0 aliphatic heterocycles. The molecular formula is C17H31N3. The second kappa shape index (κ2) is 7.26. The fourth-order valence-corrected chi connectivity index (χ4v) is 2.97. The van der Waals surface area contributed by atoms with Crippen molar-refractivity contribution in [2.45, 2.75) is 78.3 Å². The topological polar surface area (TPSA) is 29.9 Å². The van der Waals surface area contributed by atoms with Crippen molar-refractivity contribution in [2.24, 2.45) is 5.41 Å². The molecule has 20 heavy (non-hydrogen) atoms. The minimum absolute atomic E-state index is 0.417. The van der Waals surface area contributed by atoms with Gasteiger partial charge in [-0.2, -0.15) is 5.10 Å². The van der Waals surface area contributed by atoms with Gasteiger partial charge in [-0.15, -0.1) is 0 Å². The van der Waals surface area contributed by atoms with Crippen molar-refractivity contribution in [2.75, 3.05) is 6.54 Å². The molecule has 1 aromatic heterocycles. The highest BCUT2D eigenvalue weighted by Crippen LogP contribution is 2.34. The fraction of sp³-hybridized carbons (Fsp3) is 0.824. The predicted molar refractivity (Wildman–Crippen MR) is 84.9 cm³/mol. The van der Waals surface area contributed by atoms with Crippen molar-refractivity contribution in [3.63, 3.8) is 0 Å². The molecule has 114 valence electrons. The summed E-state index contributed by atoms with van der Waals surface area (Å²) in [4.78, 5) is 0. The molecule has 1 N–H and O–H groups in total. The summed E-state index contributed by atoms with van der Waals surface area (Å²) in [6, 6.07) is 0.806. The van der Waals surface area contributed by atoms with Crippen LogP contribution in [0.25, 0.3) is 0 Å². The maximum absolute atomic E-state index is 4.44. The number of nitrogens with one attached hydrogen (secondary N) is 1. The Balaban J connectivity index is 2.01. The molecule has 1 atom stereocenters. The molecule has 3 nitrogen and oxygen atoms in total. The van der Waals surface area contributed by atoms with Gasteiger partial charge in [0.25, 0.3) is 0 Å². The smallest absolute Gasteiger partial charge is 0.0521 e. The van der Waals surface area contributed by atoms with Crippen LogP contribution in [0.4, 0.5) is 0 Å². The number of rotatable bonds is 10. The maximum Gasteiger partial charge on any atom is 0.0521 e. The van der Waals surface area contributed by atoms with E-state index >= 15 is 0 Å². The van der Waals surface area contributed by atoms with E-state index in [1.54, 1.807) is 0 Å². The van der Waals surface area contributed by atoms with Gasteiger partial charge in [0, 0.05) is 25.3 Å². The van der Waals surface area contributed by atoms with Crippen LogP contribution < -0.4 is 5.32 Å². The Morgan fingerprint density at radius 2 is 2.15 bits per heavy atom. The largest absolute Gasteiger partial charge is 0.313 e. The van der Waals surface area contributed by atoms with Crippen molar-refractivity contribution < 1.29 is 0 Å². The zero-order valence-electron chi connectivity index (χ0n) is 13.5. The van der Waals surface area contributed by atoms with Crippen LogP contribution in [0.1, 0.15) is 64.9 Å². The van der Waals surface area contributed by atoms with E-state index in [0.717, 1.165) is 12.6 Å². The van der Waals surface area contributed by atoms with E-state index < -0.39 is 0 Å². The Morgan fingerprint density at radius 1 is 1.35 bits per heavy atom. The van der Waals surface area contributed by atoms with Crippen LogP contribution in [0, 0.1) is 5.41 Å². The van der Waals surface area contributed by atoms with Crippen molar-refractivity contribution in [3.8, 4) is 0 Å². The van der Waals surface area contributed by atoms with Gasteiger partial charge in [-0.05, 0) is 50.0 Å². The van der Waals surface area contributed by atoms with Crippen molar-refractivity contribution >= 4 is 0 Å². The van der Waals surface area contributed by atoms with Gasteiger partial charge in [0.1, 0.15) is 0 Å². The Hall–Kier alpha value is -0.830. The highest BCUT2D eigenvalue weighted by atomic mass is 15.3. The number of aromatic nitrogens is 2. The van der Waals surface area contributed by atoms with Crippen molar-refractivity contribution in [3.05, 3.63) is 18.0 Å². The molecule has 1 heterocycles. The fourth-order valence-electron chi connectivity index (χ4n) is 2.97. The van der Waals surface area contributed by atoms with Crippen LogP contribution in [0.5, 0.6) is 0 Å². The maximum atomic E-state index is 4.44. The monoisotopic (exact) mass is 277 g/mol. The first-order chi connectivity index (χ1) is 9.71. The van der Waals surface area contributed by atoms with Gasteiger partial charge in [0.05, 0.1) is 6.20 Å². The van der Waals surface area contributed by atoms with E-state index in [4.69, 9.17) is 0 Å². The summed E-state index contributed by atoms with van der Waals surface area (Å²) in [5.41, 5.74) is 1.82. The van der Waals surface area contributed by atoms with Crippen LogP contribution in [-0.2, 0) is 13.0 Å². The van der Waals surface area contributed by atoms with Crippen LogP contribution >= 0.6 is 0 Å². The molecule has 1 saturated carbocycles. The molecule has 0 bridgehead atoms. The molecule has 3 heteroatoms. The number of unbranched alkanes of at least 4 members (excludes halogenated alkanes) is 1. The van der Waals surface area contributed by atoms with Gasteiger partial charge >= 0.3 is 0 Å². The quantitative estimate of drug-likeness (QED) is 0.705. The third-order valence-corrected chi connectivity index (χ3v) is 4.74. The SMILES string of the molecule is CCCCC(CC)(CNC1CC1)Cc1cnn(CC)c1. The number of hydrogen-bond acceptors (Lipinski definition) is 2. The lowest BCUT2D eigenvalue weighted by Crippen LogP contribution is -2.37. The summed E-state index contributed by atoms with van der Waals surface area (Å²) < 4.78 is 2.05. The zero-order valence-corrected chi connectivity index (χ0v) is 13.5. The van der Waals surface area contributed by atoms with Crippen molar-refractivity contribution in [1.29, 1.82) is 0 Å². The Bertz CT molecular complexity index is 395. The molecule has 2 rings (SSSR count). The van der Waals surface area contributed by atoms with Gasteiger partial charge < -0.3 is 5.32 Å². The first kappa shape index (κ1) is 15.6. The van der Waals surface area contributed by atoms with E-state index in [0.29, 0.717) is 5.41 Å². The molecule has 1 aliphatic rings. The molecule has 1 fully saturated rings. The molecule has 1 aromatic rings. The van der Waals surface area contributed by atoms with Crippen LogP contribution in [0.2, 0.25) is 0 Å². The molecule has 0 aromatic carbocycles. The third-order valence-electron chi connectivity index (χ3n) is 4.74. The second-order valence-corrected chi connectivity index (χ2v) is 6.49. The predicted octanol–water partition coefficient (Wildman–Crippen LogP) is 3.78. The molecule has 0 radical (unpaired) electrons. The normalized spacial score (nSPS) is 18.1. The summed E-state index contributed by atoms with van der Waals surface area (Å²) in [5.74, 6) is 0. The summed E-state index contributed by atoms with van der Waals surface area (Å²) in [5, 5.41) is 8.21. The van der Waals surface area contributed by atoms with Gasteiger partial charge in [0.2, 0.25) is 0 Å². The average molecular weight is 277 g/mol. The lowest BCUT2D eigenvalue weighted by molar-refractivity contribution is 0.228. The van der Waals surface area contributed by atoms with Crippen LogP contribution in [0.3, 0.4) is 0 Å². The average Bonchev–Trinajstić information content (AvgIpc) is 3.20. The van der Waals surface area contributed by atoms with E-state index in [-0.39, 0.29) is 0 Å². The van der Waals surface area contributed by atoms with Crippen molar-refractivity contribution in [1.82, 2.24) is 15.1 Å². The van der Waals surface area contributed by atoms with Crippen LogP contribution in [0.15, 0.2) is 12.4 Å². The lowest BCUT2D eigenvalue weighted by atomic mass is 9.75. The standard InChI is InChI=1S/C17H31N3/c1-4-7-10-17(5-2,14-18-16-8-9-16)11-15-12-19-20(6-3)13-15/h12-13,16,18H,4-11,14H2,1-3H3. The molecule has 0 saturated heterocycles. The minimum Gasteiger partial charge on any atom is -0.313 e.